The van der Waals surface area contributed by atoms with Crippen LogP contribution < -0.4 is 0 Å². The SMILES string of the molecule is Cc1cccc(C)c1-n1c(-c2[c-]c(-c3cccc4c3nc(-c3cc(C(C)(C)C)cc(C(C)(C)C)c3O)n4-c3ccccc3-c3ccccc3)cc(C(C)(C)C)c2)nc2ccc3c4ccccc4oc3c21.[Pt]. The molecule has 0 aliphatic rings. The largest absolute Gasteiger partial charge is 0.507 e. The number of nitrogens with zero attached hydrogens (tertiary/aromatic N) is 4. The molecule has 1 N–H and O–H groups in total. The van der Waals surface area contributed by atoms with Gasteiger partial charge in [0.25, 0.3) is 0 Å². The zero-order valence-electron chi connectivity index (χ0n) is 42.4. The number of phenols is 1. The Kier molecular flexibility index (Phi) is 11.7. The Hall–Kier alpha value is -7.01. The van der Waals surface area contributed by atoms with Gasteiger partial charge in [0.15, 0.2) is 5.58 Å². The van der Waals surface area contributed by atoms with Gasteiger partial charge in [-0.3, -0.25) is 9.55 Å². The maximum atomic E-state index is 12.6. The van der Waals surface area contributed by atoms with Crippen LogP contribution in [-0.2, 0) is 37.3 Å². The molecule has 7 heteroatoms. The Morgan fingerprint density at radius 2 is 1.17 bits per heavy atom. The number of hydrogen-bond donors (Lipinski definition) is 1. The Morgan fingerprint density at radius 1 is 0.535 bits per heavy atom. The summed E-state index contributed by atoms with van der Waals surface area (Å²) < 4.78 is 11.3. The van der Waals surface area contributed by atoms with Gasteiger partial charge >= 0.3 is 0 Å². The van der Waals surface area contributed by atoms with Crippen molar-refractivity contribution in [3.63, 3.8) is 0 Å². The number of furan rings is 1. The van der Waals surface area contributed by atoms with Crippen LogP contribution in [0.4, 0.5) is 0 Å². The molecule has 0 unspecified atom stereocenters. The van der Waals surface area contributed by atoms with Crippen molar-refractivity contribution in [3.8, 4) is 62.2 Å². The van der Waals surface area contributed by atoms with Crippen molar-refractivity contribution in [2.75, 3.05) is 0 Å². The normalized spacial score (nSPS) is 12.4. The molecule has 3 aromatic heterocycles. The number of rotatable bonds is 6. The Labute approximate surface area is 431 Å². The summed E-state index contributed by atoms with van der Waals surface area (Å²) in [6, 6.07) is 57.2. The molecular weight excluding hydrogens is 1050 g/mol. The number of aromatic hydroxyl groups is 1. The molecule has 0 fully saturated rings. The first-order valence-corrected chi connectivity index (χ1v) is 24.4. The fraction of sp³-hybridized carbons (Fsp3) is 0.219. The van der Waals surface area contributed by atoms with E-state index in [0.29, 0.717) is 11.4 Å². The van der Waals surface area contributed by atoms with Gasteiger partial charge in [-0.1, -0.05) is 177 Å². The Morgan fingerprint density at radius 3 is 1.89 bits per heavy atom. The summed E-state index contributed by atoms with van der Waals surface area (Å²) >= 11 is 0. The maximum Gasteiger partial charge on any atom is 0.161 e. The quantitative estimate of drug-likeness (QED) is 0.169. The number of hydrogen-bond acceptors (Lipinski definition) is 4. The Bertz CT molecular complexity index is 3850. The number of fused-ring (bicyclic) bond motifs is 6. The number of imidazole rings is 2. The van der Waals surface area contributed by atoms with Crippen LogP contribution in [-0.4, -0.2) is 24.2 Å². The minimum Gasteiger partial charge on any atom is -0.507 e. The third kappa shape index (κ3) is 8.11. The van der Waals surface area contributed by atoms with Crippen LogP contribution in [0.5, 0.6) is 5.75 Å². The molecule has 71 heavy (non-hydrogen) atoms. The molecule has 358 valence electrons. The van der Waals surface area contributed by atoms with Gasteiger partial charge in [0.1, 0.15) is 22.7 Å². The summed E-state index contributed by atoms with van der Waals surface area (Å²) in [4.78, 5) is 11.2. The maximum absolute atomic E-state index is 12.6. The van der Waals surface area contributed by atoms with Crippen LogP contribution in [0.1, 0.15) is 90.1 Å². The van der Waals surface area contributed by atoms with Gasteiger partial charge in [-0.05, 0) is 88.7 Å². The number of aryl methyl sites for hydroxylation is 2. The molecule has 11 aromatic rings. The summed E-state index contributed by atoms with van der Waals surface area (Å²) in [5.41, 5.74) is 17.3. The second kappa shape index (κ2) is 17.4. The minimum atomic E-state index is -0.341. The molecule has 6 nitrogen and oxygen atoms in total. The molecule has 0 radical (unpaired) electrons. The monoisotopic (exact) mass is 1110 g/mol. The second-order valence-corrected chi connectivity index (χ2v) is 22.1. The van der Waals surface area contributed by atoms with E-state index in [1.807, 2.05) is 18.2 Å². The van der Waals surface area contributed by atoms with E-state index in [9.17, 15) is 5.11 Å². The van der Waals surface area contributed by atoms with Gasteiger partial charge in [0, 0.05) is 48.7 Å². The van der Waals surface area contributed by atoms with Crippen molar-refractivity contribution in [2.45, 2.75) is 92.4 Å². The van der Waals surface area contributed by atoms with E-state index in [1.165, 1.54) is 0 Å². The fourth-order valence-corrected chi connectivity index (χ4v) is 10.2. The average molecular weight is 1110 g/mol. The van der Waals surface area contributed by atoms with Gasteiger partial charge in [0.05, 0.1) is 33.6 Å². The number of aromatic nitrogens is 4. The van der Waals surface area contributed by atoms with E-state index >= 15 is 0 Å². The zero-order valence-corrected chi connectivity index (χ0v) is 44.7. The first-order chi connectivity index (χ1) is 33.4. The van der Waals surface area contributed by atoms with E-state index < -0.39 is 0 Å². The van der Waals surface area contributed by atoms with Gasteiger partial charge in [-0.2, -0.15) is 0 Å². The van der Waals surface area contributed by atoms with Crippen LogP contribution >= 0.6 is 0 Å². The van der Waals surface area contributed by atoms with E-state index in [2.05, 4.69) is 225 Å². The number of para-hydroxylation sites is 4. The average Bonchev–Trinajstić information content (AvgIpc) is 4.03. The van der Waals surface area contributed by atoms with Gasteiger partial charge < -0.3 is 14.1 Å². The second-order valence-electron chi connectivity index (χ2n) is 22.1. The molecule has 0 saturated carbocycles. The molecule has 0 spiro atoms. The molecule has 0 saturated heterocycles. The number of phenolic OH excluding ortho intramolecular Hbond substituents is 1. The molecule has 0 bridgehead atoms. The van der Waals surface area contributed by atoms with Crippen LogP contribution in [0.3, 0.4) is 0 Å². The van der Waals surface area contributed by atoms with Crippen molar-refractivity contribution in [3.05, 3.63) is 186 Å². The van der Waals surface area contributed by atoms with Gasteiger partial charge in [0.2, 0.25) is 0 Å². The van der Waals surface area contributed by atoms with Crippen molar-refractivity contribution < 1.29 is 30.6 Å². The molecule has 3 heterocycles. The van der Waals surface area contributed by atoms with E-state index in [-0.39, 0.29) is 43.1 Å². The van der Waals surface area contributed by atoms with Crippen molar-refractivity contribution in [2.24, 2.45) is 0 Å². The smallest absolute Gasteiger partial charge is 0.161 e. The molecule has 8 aromatic carbocycles. The summed E-state index contributed by atoms with van der Waals surface area (Å²) in [5.74, 6) is 1.68. The third-order valence-electron chi connectivity index (χ3n) is 14.0. The molecule has 0 aliphatic carbocycles. The van der Waals surface area contributed by atoms with Crippen LogP contribution in [0.15, 0.2) is 156 Å². The van der Waals surface area contributed by atoms with Crippen molar-refractivity contribution in [1.82, 2.24) is 19.1 Å². The van der Waals surface area contributed by atoms with Gasteiger partial charge in [-0.25, -0.2) is 4.98 Å². The fourth-order valence-electron chi connectivity index (χ4n) is 10.2. The first kappa shape index (κ1) is 47.7. The van der Waals surface area contributed by atoms with Crippen LogP contribution in [0.2, 0.25) is 0 Å². The van der Waals surface area contributed by atoms with E-state index in [4.69, 9.17) is 14.4 Å². The standard InChI is InChI=1S/C64H59N4O2.Pt/c1-38-21-19-22-39(2)56(38)68-57-51(32-31-48-47-26-16-18-30-54(47)70-59(48)57)65-60(68)42-33-41(34-43(35-42)62(3,4)5)46-27-20-29-53-55(46)66-61(49-36-44(63(6,7)8)37-50(58(49)69)64(9,10)11)67(53)52-28-17-15-25-45(52)40-23-13-12-14-24-40;/h12-32,34-37,69H,1-11H3;/q-1;. The van der Waals surface area contributed by atoms with Crippen molar-refractivity contribution in [1.29, 1.82) is 0 Å². The van der Waals surface area contributed by atoms with E-state index in [1.54, 1.807) is 0 Å². The third-order valence-corrected chi connectivity index (χ3v) is 14.0. The van der Waals surface area contributed by atoms with Gasteiger partial charge in [-0.15, -0.1) is 29.3 Å². The molecule has 0 amide bonds. The topological polar surface area (TPSA) is 69.0 Å². The van der Waals surface area contributed by atoms with Crippen LogP contribution in [0.25, 0.3) is 100 Å². The summed E-state index contributed by atoms with van der Waals surface area (Å²) in [6.45, 7) is 24.3. The van der Waals surface area contributed by atoms with E-state index in [0.717, 1.165) is 117 Å². The zero-order chi connectivity index (χ0) is 49.0. The Balaban J connectivity index is 0.00000582. The predicted octanol–water partition coefficient (Wildman–Crippen LogP) is 16.9. The predicted molar refractivity (Wildman–Crippen MR) is 291 cm³/mol. The first-order valence-electron chi connectivity index (χ1n) is 24.4. The summed E-state index contributed by atoms with van der Waals surface area (Å²) in [5, 5.41) is 14.7. The molecule has 0 aliphatic heterocycles. The molecule has 11 rings (SSSR count). The molecule has 0 atom stereocenters. The minimum absolute atomic E-state index is 0. The van der Waals surface area contributed by atoms with Crippen LogP contribution in [0, 0.1) is 19.9 Å². The van der Waals surface area contributed by atoms with Crippen molar-refractivity contribution >= 4 is 44.0 Å². The molecular formula is C64H59N4O2Pt-. The summed E-state index contributed by atoms with van der Waals surface area (Å²) in [6.07, 6.45) is 0. The summed E-state index contributed by atoms with van der Waals surface area (Å²) in [7, 11) is 0. The number of benzene rings is 8.